The highest BCUT2D eigenvalue weighted by atomic mass is 16.5. The number of hydrogen-bond acceptors (Lipinski definition) is 2. The minimum absolute atomic E-state index is 0.346. The van der Waals surface area contributed by atoms with Gasteiger partial charge in [0.15, 0.2) is 0 Å². The van der Waals surface area contributed by atoms with Crippen molar-refractivity contribution < 1.29 is 4.74 Å². The average molecular weight is 263 g/mol. The summed E-state index contributed by atoms with van der Waals surface area (Å²) in [4.78, 5) is 0. The predicted molar refractivity (Wildman–Crippen MR) is 82.5 cm³/mol. The van der Waals surface area contributed by atoms with Gasteiger partial charge >= 0.3 is 0 Å². The minimum atomic E-state index is 0.346. The van der Waals surface area contributed by atoms with E-state index in [1.807, 2.05) is 0 Å². The van der Waals surface area contributed by atoms with Gasteiger partial charge in [-0.1, -0.05) is 50.6 Å². The summed E-state index contributed by atoms with van der Waals surface area (Å²) in [6.07, 6.45) is 4.92. The second-order valence-corrected chi connectivity index (χ2v) is 4.97. The summed E-state index contributed by atoms with van der Waals surface area (Å²) in [5.41, 5.74) is 1.41. The Morgan fingerprint density at radius 1 is 1.05 bits per heavy atom. The molecule has 0 bridgehead atoms. The van der Waals surface area contributed by atoms with Crippen molar-refractivity contribution >= 4 is 0 Å². The molecule has 2 unspecified atom stereocenters. The molecule has 1 aromatic rings. The topological polar surface area (TPSA) is 21.3 Å². The summed E-state index contributed by atoms with van der Waals surface area (Å²) in [5.74, 6) is 0. The number of nitrogens with one attached hydrogen (secondary N) is 1. The van der Waals surface area contributed by atoms with Crippen LogP contribution in [0.15, 0.2) is 30.3 Å². The quantitative estimate of drug-likeness (QED) is 0.693. The highest BCUT2D eigenvalue weighted by Gasteiger charge is 2.19. The van der Waals surface area contributed by atoms with Gasteiger partial charge in [-0.05, 0) is 38.3 Å². The molecule has 1 rings (SSSR count). The Morgan fingerprint density at radius 3 is 2.37 bits per heavy atom. The van der Waals surface area contributed by atoms with Gasteiger partial charge in [0.1, 0.15) is 0 Å². The smallest absolute Gasteiger partial charge is 0.0727 e. The van der Waals surface area contributed by atoms with E-state index in [-0.39, 0.29) is 0 Å². The molecule has 0 amide bonds. The molecule has 108 valence electrons. The molecule has 0 saturated heterocycles. The van der Waals surface area contributed by atoms with Crippen molar-refractivity contribution in [1.29, 1.82) is 0 Å². The van der Waals surface area contributed by atoms with E-state index >= 15 is 0 Å². The summed E-state index contributed by atoms with van der Waals surface area (Å²) in [6, 6.07) is 11.2. The first-order chi connectivity index (χ1) is 9.31. The van der Waals surface area contributed by atoms with E-state index in [1.165, 1.54) is 12.0 Å². The van der Waals surface area contributed by atoms with Gasteiger partial charge in [0.25, 0.3) is 0 Å². The summed E-state index contributed by atoms with van der Waals surface area (Å²) >= 11 is 0. The first-order valence-corrected chi connectivity index (χ1v) is 7.70. The Morgan fingerprint density at radius 2 is 1.79 bits per heavy atom. The monoisotopic (exact) mass is 263 g/mol. The Kier molecular flexibility index (Phi) is 8.52. The van der Waals surface area contributed by atoms with Crippen LogP contribution in [0.3, 0.4) is 0 Å². The van der Waals surface area contributed by atoms with Crippen LogP contribution in [-0.4, -0.2) is 25.3 Å². The predicted octanol–water partition coefficient (Wildman–Crippen LogP) is 3.80. The van der Waals surface area contributed by atoms with Crippen LogP contribution in [0.1, 0.15) is 45.6 Å². The van der Waals surface area contributed by atoms with Crippen molar-refractivity contribution in [3.63, 3.8) is 0 Å². The number of ether oxygens (including phenoxy) is 1. The fraction of sp³-hybridized carbons (Fsp3) is 0.647. The molecule has 0 spiro atoms. The molecular formula is C17H29NO. The van der Waals surface area contributed by atoms with Gasteiger partial charge < -0.3 is 10.1 Å². The fourth-order valence-corrected chi connectivity index (χ4v) is 2.55. The molecule has 0 aliphatic carbocycles. The molecule has 0 saturated carbocycles. The van der Waals surface area contributed by atoms with Crippen molar-refractivity contribution in [2.24, 2.45) is 0 Å². The standard InChI is InChI=1S/C17H29NO/c1-4-10-17(19-6-3)16(18-5-2)14-13-15-11-8-7-9-12-15/h7-9,11-12,16-18H,4-6,10,13-14H2,1-3H3. The SMILES string of the molecule is CCCC(OCC)C(CCc1ccccc1)NCC. The molecule has 2 atom stereocenters. The van der Waals surface area contributed by atoms with Crippen molar-refractivity contribution in [2.75, 3.05) is 13.2 Å². The van der Waals surface area contributed by atoms with Crippen LogP contribution >= 0.6 is 0 Å². The molecule has 0 radical (unpaired) electrons. The number of hydrogen-bond donors (Lipinski definition) is 1. The van der Waals surface area contributed by atoms with Crippen LogP contribution in [0.25, 0.3) is 0 Å². The second kappa shape index (κ2) is 9.99. The highest BCUT2D eigenvalue weighted by Crippen LogP contribution is 2.14. The van der Waals surface area contributed by atoms with Gasteiger partial charge in [0, 0.05) is 12.6 Å². The van der Waals surface area contributed by atoms with Gasteiger partial charge in [0.2, 0.25) is 0 Å². The van der Waals surface area contributed by atoms with E-state index in [2.05, 4.69) is 56.4 Å². The molecule has 0 heterocycles. The largest absolute Gasteiger partial charge is 0.377 e. The third kappa shape index (κ3) is 6.22. The van der Waals surface area contributed by atoms with Crippen molar-refractivity contribution in [1.82, 2.24) is 5.32 Å². The maximum atomic E-state index is 5.92. The first kappa shape index (κ1) is 16.2. The van der Waals surface area contributed by atoms with Crippen LogP contribution in [0.2, 0.25) is 0 Å². The Bertz CT molecular complexity index is 306. The van der Waals surface area contributed by atoms with Gasteiger partial charge in [-0.3, -0.25) is 0 Å². The molecule has 1 aromatic carbocycles. The average Bonchev–Trinajstić information content (AvgIpc) is 2.44. The zero-order chi connectivity index (χ0) is 13.9. The van der Waals surface area contributed by atoms with Gasteiger partial charge in [0.05, 0.1) is 6.10 Å². The number of aryl methyl sites for hydroxylation is 1. The maximum absolute atomic E-state index is 5.92. The van der Waals surface area contributed by atoms with Crippen molar-refractivity contribution in [2.45, 2.75) is 58.6 Å². The number of likely N-dealkylation sites (N-methyl/N-ethyl adjacent to an activating group) is 1. The van der Waals surface area contributed by atoms with E-state index in [9.17, 15) is 0 Å². The van der Waals surface area contributed by atoms with Gasteiger partial charge in [-0.2, -0.15) is 0 Å². The van der Waals surface area contributed by atoms with E-state index in [4.69, 9.17) is 4.74 Å². The van der Waals surface area contributed by atoms with Gasteiger partial charge in [-0.15, -0.1) is 0 Å². The van der Waals surface area contributed by atoms with Crippen LogP contribution in [0, 0.1) is 0 Å². The fourth-order valence-electron chi connectivity index (χ4n) is 2.55. The van der Waals surface area contributed by atoms with Crippen LogP contribution < -0.4 is 5.32 Å². The Labute approximate surface area is 118 Å². The third-order valence-corrected chi connectivity index (χ3v) is 3.46. The lowest BCUT2D eigenvalue weighted by Gasteiger charge is -2.27. The molecule has 2 nitrogen and oxygen atoms in total. The van der Waals surface area contributed by atoms with Crippen LogP contribution in [-0.2, 0) is 11.2 Å². The zero-order valence-electron chi connectivity index (χ0n) is 12.7. The van der Waals surface area contributed by atoms with Crippen LogP contribution in [0.5, 0.6) is 0 Å². The Hall–Kier alpha value is -0.860. The number of rotatable bonds is 10. The molecule has 2 heteroatoms. The molecule has 0 aliphatic heterocycles. The lowest BCUT2D eigenvalue weighted by Crippen LogP contribution is -2.41. The molecule has 0 aromatic heterocycles. The maximum Gasteiger partial charge on any atom is 0.0727 e. The summed E-state index contributed by atoms with van der Waals surface area (Å²) in [7, 11) is 0. The molecule has 19 heavy (non-hydrogen) atoms. The molecule has 0 aliphatic rings. The lowest BCUT2D eigenvalue weighted by atomic mass is 9.98. The van der Waals surface area contributed by atoms with Gasteiger partial charge in [-0.25, -0.2) is 0 Å². The zero-order valence-corrected chi connectivity index (χ0v) is 12.7. The minimum Gasteiger partial charge on any atom is -0.377 e. The summed E-state index contributed by atoms with van der Waals surface area (Å²) in [5, 5.41) is 3.60. The summed E-state index contributed by atoms with van der Waals surface area (Å²) in [6.45, 7) is 8.30. The Balaban J connectivity index is 2.54. The highest BCUT2D eigenvalue weighted by molar-refractivity contribution is 5.14. The first-order valence-electron chi connectivity index (χ1n) is 7.70. The lowest BCUT2D eigenvalue weighted by molar-refractivity contribution is 0.0264. The normalized spacial score (nSPS) is 14.3. The van der Waals surface area contributed by atoms with E-state index in [0.29, 0.717) is 12.1 Å². The second-order valence-electron chi connectivity index (χ2n) is 4.97. The van der Waals surface area contributed by atoms with E-state index < -0.39 is 0 Å². The van der Waals surface area contributed by atoms with Crippen molar-refractivity contribution in [3.05, 3.63) is 35.9 Å². The number of benzene rings is 1. The third-order valence-electron chi connectivity index (χ3n) is 3.46. The van der Waals surface area contributed by atoms with Crippen molar-refractivity contribution in [3.8, 4) is 0 Å². The molecule has 1 N–H and O–H groups in total. The molecule has 0 fully saturated rings. The van der Waals surface area contributed by atoms with E-state index in [0.717, 1.165) is 32.4 Å². The van der Waals surface area contributed by atoms with Crippen LogP contribution in [0.4, 0.5) is 0 Å². The van der Waals surface area contributed by atoms with E-state index in [1.54, 1.807) is 0 Å². The summed E-state index contributed by atoms with van der Waals surface area (Å²) < 4.78 is 5.92. The molecular weight excluding hydrogens is 234 g/mol.